The minimum atomic E-state index is 0.0334. The largest absolute Gasteiger partial charge is 0.438 e. The summed E-state index contributed by atoms with van der Waals surface area (Å²) in [5, 5.41) is 1.41. The minimum Gasteiger partial charge on any atom is -0.438 e. The van der Waals surface area contributed by atoms with E-state index in [-0.39, 0.29) is 5.91 Å². The van der Waals surface area contributed by atoms with Gasteiger partial charge in [0.1, 0.15) is 5.75 Å². The first-order valence-electron chi connectivity index (χ1n) is 8.30. The number of nitrogens with zero attached hydrogens (tertiary/aromatic N) is 3. The number of benzene rings is 1. The average Bonchev–Trinajstić information content (AvgIpc) is 3.25. The molecule has 6 heteroatoms. The first kappa shape index (κ1) is 16.0. The van der Waals surface area contributed by atoms with Crippen LogP contribution < -0.4 is 4.74 Å². The van der Waals surface area contributed by atoms with Crippen molar-refractivity contribution in [2.24, 2.45) is 7.05 Å². The Bertz CT molecular complexity index is 945. The number of likely N-dealkylation sites (tertiary alicyclic amines) is 1. The molecule has 0 radical (unpaired) electrons. The van der Waals surface area contributed by atoms with E-state index in [9.17, 15) is 4.79 Å². The lowest BCUT2D eigenvalue weighted by molar-refractivity contribution is 0.0794. The molecule has 1 amide bonds. The quantitative estimate of drug-likeness (QED) is 0.705. The van der Waals surface area contributed by atoms with Crippen molar-refractivity contribution in [1.29, 1.82) is 0 Å². The van der Waals surface area contributed by atoms with Crippen LogP contribution in [0.5, 0.6) is 11.6 Å². The zero-order valence-electron chi connectivity index (χ0n) is 13.9. The number of ether oxygens (including phenoxy) is 1. The second kappa shape index (κ2) is 6.41. The maximum absolute atomic E-state index is 12.8. The number of hydrogen-bond acceptors (Lipinski definition) is 3. The number of pyridine rings is 1. The molecule has 1 aliphatic rings. The summed E-state index contributed by atoms with van der Waals surface area (Å²) in [5.74, 6) is 1.12. The van der Waals surface area contributed by atoms with E-state index in [4.69, 9.17) is 16.3 Å². The molecule has 25 heavy (non-hydrogen) atoms. The number of halogens is 1. The molecule has 4 rings (SSSR count). The van der Waals surface area contributed by atoms with Crippen molar-refractivity contribution in [2.45, 2.75) is 12.8 Å². The van der Waals surface area contributed by atoms with Gasteiger partial charge in [0, 0.05) is 37.6 Å². The molecule has 0 spiro atoms. The molecule has 1 aliphatic heterocycles. The molecule has 0 unspecified atom stereocenters. The van der Waals surface area contributed by atoms with E-state index in [0.717, 1.165) is 36.8 Å². The first-order chi connectivity index (χ1) is 12.1. The summed E-state index contributed by atoms with van der Waals surface area (Å²) in [6.07, 6.45) is 5.65. The van der Waals surface area contributed by atoms with Crippen LogP contribution in [0.3, 0.4) is 0 Å². The van der Waals surface area contributed by atoms with Crippen LogP contribution >= 0.6 is 11.6 Å². The highest BCUT2D eigenvalue weighted by Gasteiger charge is 2.24. The van der Waals surface area contributed by atoms with Crippen LogP contribution in [0, 0.1) is 0 Å². The van der Waals surface area contributed by atoms with Gasteiger partial charge in [0.2, 0.25) is 5.88 Å². The summed E-state index contributed by atoms with van der Waals surface area (Å²) in [5.41, 5.74) is 1.45. The Morgan fingerprint density at radius 3 is 2.80 bits per heavy atom. The Kier molecular flexibility index (Phi) is 4.09. The number of carbonyl (C=O) groups is 1. The van der Waals surface area contributed by atoms with Crippen LogP contribution in [0.15, 0.2) is 42.7 Å². The monoisotopic (exact) mass is 355 g/mol. The summed E-state index contributed by atoms with van der Waals surface area (Å²) < 4.78 is 7.85. The number of carbonyl (C=O) groups excluding carboxylic acids is 1. The van der Waals surface area contributed by atoms with Crippen molar-refractivity contribution in [2.75, 3.05) is 13.1 Å². The second-order valence-corrected chi connectivity index (χ2v) is 6.66. The fraction of sp³-hybridized carbons (Fsp3) is 0.263. The van der Waals surface area contributed by atoms with Crippen LogP contribution in [0.2, 0.25) is 5.02 Å². The maximum Gasteiger partial charge on any atom is 0.257 e. The molecule has 3 heterocycles. The Morgan fingerprint density at radius 1 is 1.24 bits per heavy atom. The van der Waals surface area contributed by atoms with E-state index in [1.54, 1.807) is 18.3 Å². The molecule has 1 saturated heterocycles. The summed E-state index contributed by atoms with van der Waals surface area (Å²) in [4.78, 5) is 19.1. The maximum atomic E-state index is 12.8. The molecular formula is C19H18ClN3O2. The van der Waals surface area contributed by atoms with E-state index < -0.39 is 0 Å². The van der Waals surface area contributed by atoms with Crippen molar-refractivity contribution < 1.29 is 9.53 Å². The summed E-state index contributed by atoms with van der Waals surface area (Å²) >= 11 is 6.02. The third kappa shape index (κ3) is 2.96. The van der Waals surface area contributed by atoms with Gasteiger partial charge in [0.15, 0.2) is 0 Å². The van der Waals surface area contributed by atoms with E-state index >= 15 is 0 Å². The zero-order valence-corrected chi connectivity index (χ0v) is 14.7. The van der Waals surface area contributed by atoms with Gasteiger partial charge >= 0.3 is 0 Å². The molecule has 0 N–H and O–H groups in total. The van der Waals surface area contributed by atoms with Gasteiger partial charge in [-0.15, -0.1) is 0 Å². The van der Waals surface area contributed by atoms with Crippen molar-refractivity contribution in [1.82, 2.24) is 14.5 Å². The highest BCUT2D eigenvalue weighted by atomic mass is 35.5. The van der Waals surface area contributed by atoms with Gasteiger partial charge < -0.3 is 14.2 Å². The molecule has 0 saturated carbocycles. The van der Waals surface area contributed by atoms with Gasteiger partial charge in [-0.25, -0.2) is 4.98 Å². The molecule has 1 aromatic carbocycles. The molecule has 128 valence electrons. The van der Waals surface area contributed by atoms with Gasteiger partial charge in [-0.05, 0) is 37.1 Å². The SMILES string of the molecule is Cn1ccc2c(Oc3cccc(Cl)c3)ncc(C(=O)N3CCCC3)c21. The van der Waals surface area contributed by atoms with Gasteiger partial charge in [-0.3, -0.25) is 4.79 Å². The number of amides is 1. The molecular weight excluding hydrogens is 338 g/mol. The van der Waals surface area contributed by atoms with Crippen molar-refractivity contribution >= 4 is 28.4 Å². The van der Waals surface area contributed by atoms with Gasteiger partial charge in [-0.1, -0.05) is 17.7 Å². The Hall–Kier alpha value is -2.53. The van der Waals surface area contributed by atoms with E-state index in [2.05, 4.69) is 4.98 Å². The molecule has 3 aromatic rings. The average molecular weight is 356 g/mol. The summed E-state index contributed by atoms with van der Waals surface area (Å²) in [7, 11) is 1.92. The molecule has 0 bridgehead atoms. The fourth-order valence-corrected chi connectivity index (χ4v) is 3.44. The van der Waals surface area contributed by atoms with Gasteiger partial charge in [0.25, 0.3) is 5.91 Å². The molecule has 0 atom stereocenters. The van der Waals surface area contributed by atoms with E-state index in [0.29, 0.717) is 22.2 Å². The highest BCUT2D eigenvalue weighted by molar-refractivity contribution is 6.30. The molecule has 5 nitrogen and oxygen atoms in total. The molecule has 0 aliphatic carbocycles. The number of hydrogen-bond donors (Lipinski definition) is 0. The van der Waals surface area contributed by atoms with Crippen LogP contribution in [0.1, 0.15) is 23.2 Å². The topological polar surface area (TPSA) is 47.4 Å². The third-order valence-corrected chi connectivity index (χ3v) is 4.74. The summed E-state index contributed by atoms with van der Waals surface area (Å²) in [6.45, 7) is 1.62. The van der Waals surface area contributed by atoms with Crippen molar-refractivity contribution in [3.05, 3.63) is 53.3 Å². The predicted octanol–water partition coefficient (Wildman–Crippen LogP) is 4.26. The minimum absolute atomic E-state index is 0.0334. The smallest absolute Gasteiger partial charge is 0.257 e. The van der Waals surface area contributed by atoms with Crippen LogP contribution in [0.4, 0.5) is 0 Å². The lowest BCUT2D eigenvalue weighted by Crippen LogP contribution is -2.28. The summed E-state index contributed by atoms with van der Waals surface area (Å²) in [6, 6.07) is 9.10. The first-order valence-corrected chi connectivity index (χ1v) is 8.68. The predicted molar refractivity (Wildman–Crippen MR) is 97.4 cm³/mol. The lowest BCUT2D eigenvalue weighted by atomic mass is 10.2. The Balaban J connectivity index is 1.76. The van der Waals surface area contributed by atoms with Gasteiger partial charge in [0.05, 0.1) is 16.5 Å². The number of aromatic nitrogens is 2. The van der Waals surface area contributed by atoms with Crippen LogP contribution in [0.25, 0.3) is 10.9 Å². The molecule has 1 fully saturated rings. The van der Waals surface area contributed by atoms with Crippen molar-refractivity contribution in [3.63, 3.8) is 0 Å². The second-order valence-electron chi connectivity index (χ2n) is 6.22. The number of fused-ring (bicyclic) bond motifs is 1. The van der Waals surface area contributed by atoms with E-state index in [1.807, 2.05) is 40.9 Å². The lowest BCUT2D eigenvalue weighted by Gasteiger charge is -2.17. The zero-order chi connectivity index (χ0) is 17.4. The van der Waals surface area contributed by atoms with E-state index in [1.165, 1.54) is 0 Å². The normalized spacial score (nSPS) is 14.2. The van der Waals surface area contributed by atoms with Crippen LogP contribution in [-0.4, -0.2) is 33.4 Å². The third-order valence-electron chi connectivity index (χ3n) is 4.50. The van der Waals surface area contributed by atoms with Gasteiger partial charge in [-0.2, -0.15) is 0 Å². The fourth-order valence-electron chi connectivity index (χ4n) is 3.26. The van der Waals surface area contributed by atoms with Crippen LogP contribution in [-0.2, 0) is 7.05 Å². The standard InChI is InChI=1S/C19H18ClN3O2/c1-22-10-7-15-17(22)16(19(24)23-8-2-3-9-23)12-21-18(15)25-14-6-4-5-13(20)11-14/h4-7,10-12H,2-3,8-9H2,1H3. The highest BCUT2D eigenvalue weighted by Crippen LogP contribution is 2.32. The Labute approximate surface area is 150 Å². The Morgan fingerprint density at radius 2 is 2.04 bits per heavy atom. The molecule has 2 aromatic heterocycles. The number of aryl methyl sites for hydroxylation is 1. The number of rotatable bonds is 3. The van der Waals surface area contributed by atoms with Crippen molar-refractivity contribution in [3.8, 4) is 11.6 Å².